The Morgan fingerprint density at radius 3 is 2.40 bits per heavy atom. The summed E-state index contributed by atoms with van der Waals surface area (Å²) in [6.45, 7) is 1.86. The van der Waals surface area contributed by atoms with Gasteiger partial charge in [-0.25, -0.2) is 4.79 Å². The molecule has 0 heterocycles. The minimum Gasteiger partial charge on any atom is -0.478 e. The second-order valence-corrected chi connectivity index (χ2v) is 7.59. The van der Waals surface area contributed by atoms with Gasteiger partial charge in [0, 0.05) is 25.1 Å². The molecule has 1 aliphatic rings. The predicted molar refractivity (Wildman–Crippen MR) is 116 cm³/mol. The number of carboxylic acid groups (broad SMARTS) is 1. The summed E-state index contributed by atoms with van der Waals surface area (Å²) >= 11 is 0. The van der Waals surface area contributed by atoms with Crippen LogP contribution in [0.3, 0.4) is 0 Å². The van der Waals surface area contributed by atoms with Gasteiger partial charge < -0.3 is 20.9 Å². The standard InChI is InChI=1S/C24H28N2O4/c1-16(27)26-23-21(25)14-20(24(28)29)15-22(23)30-13-5-6-17-9-11-19(12-10-17)18-7-3-2-4-8-18/h2-4,7-12,15,21-23H,5-6,13-14,25H2,1H3,(H,26,27)(H,28,29)/t21-,22+,23+/m0/s1. The van der Waals surface area contributed by atoms with E-state index in [9.17, 15) is 14.7 Å². The average Bonchev–Trinajstić information content (AvgIpc) is 2.74. The van der Waals surface area contributed by atoms with Crippen molar-refractivity contribution in [3.8, 4) is 11.1 Å². The first-order chi connectivity index (χ1) is 14.4. The zero-order valence-corrected chi connectivity index (χ0v) is 17.1. The van der Waals surface area contributed by atoms with E-state index in [2.05, 4.69) is 41.7 Å². The topological polar surface area (TPSA) is 102 Å². The molecule has 4 N–H and O–H groups in total. The maximum absolute atomic E-state index is 11.5. The molecule has 0 fully saturated rings. The summed E-state index contributed by atoms with van der Waals surface area (Å²) in [7, 11) is 0. The van der Waals surface area contributed by atoms with Crippen molar-refractivity contribution >= 4 is 11.9 Å². The number of hydrogen-bond acceptors (Lipinski definition) is 4. The second-order valence-electron chi connectivity index (χ2n) is 7.59. The van der Waals surface area contributed by atoms with Crippen LogP contribution in [0.15, 0.2) is 66.2 Å². The fourth-order valence-electron chi connectivity index (χ4n) is 3.72. The lowest BCUT2D eigenvalue weighted by molar-refractivity contribution is -0.133. The van der Waals surface area contributed by atoms with Crippen molar-refractivity contribution in [1.82, 2.24) is 5.32 Å². The number of rotatable bonds is 8. The highest BCUT2D eigenvalue weighted by Crippen LogP contribution is 2.22. The fourth-order valence-corrected chi connectivity index (χ4v) is 3.72. The van der Waals surface area contributed by atoms with Crippen LogP contribution < -0.4 is 11.1 Å². The van der Waals surface area contributed by atoms with E-state index in [1.165, 1.54) is 23.6 Å². The third-order valence-electron chi connectivity index (χ3n) is 5.26. The molecule has 0 spiro atoms. The minimum absolute atomic E-state index is 0.202. The summed E-state index contributed by atoms with van der Waals surface area (Å²) in [6, 6.07) is 17.7. The monoisotopic (exact) mass is 408 g/mol. The molecular weight excluding hydrogens is 380 g/mol. The third-order valence-corrected chi connectivity index (χ3v) is 5.26. The van der Waals surface area contributed by atoms with Gasteiger partial charge >= 0.3 is 5.97 Å². The number of aryl methyl sites for hydroxylation is 1. The molecule has 1 aliphatic carbocycles. The molecule has 0 unspecified atom stereocenters. The van der Waals surface area contributed by atoms with Crippen molar-refractivity contribution in [3.05, 3.63) is 71.8 Å². The summed E-state index contributed by atoms with van der Waals surface area (Å²) in [6.07, 6.45) is 2.84. The number of benzene rings is 2. The van der Waals surface area contributed by atoms with Crippen LogP contribution in [-0.4, -0.2) is 41.8 Å². The van der Waals surface area contributed by atoms with Gasteiger partial charge in [0.05, 0.1) is 12.1 Å². The summed E-state index contributed by atoms with van der Waals surface area (Å²) in [4.78, 5) is 22.9. The largest absolute Gasteiger partial charge is 0.478 e. The van der Waals surface area contributed by atoms with E-state index in [0.29, 0.717) is 6.61 Å². The van der Waals surface area contributed by atoms with Gasteiger partial charge in [-0.15, -0.1) is 0 Å². The SMILES string of the molecule is CC(=O)N[C@@H]1[C@@H](N)CC(C(=O)O)=C[C@H]1OCCCc1ccc(-c2ccccc2)cc1. The first-order valence-electron chi connectivity index (χ1n) is 10.2. The van der Waals surface area contributed by atoms with Crippen molar-refractivity contribution in [1.29, 1.82) is 0 Å². The van der Waals surface area contributed by atoms with E-state index in [0.717, 1.165) is 12.8 Å². The number of nitrogens with one attached hydrogen (secondary N) is 1. The van der Waals surface area contributed by atoms with Crippen LogP contribution in [0.2, 0.25) is 0 Å². The van der Waals surface area contributed by atoms with E-state index in [1.54, 1.807) is 6.08 Å². The van der Waals surface area contributed by atoms with Gasteiger partial charge in [0.2, 0.25) is 5.91 Å². The van der Waals surface area contributed by atoms with E-state index in [-0.39, 0.29) is 17.9 Å². The van der Waals surface area contributed by atoms with E-state index in [4.69, 9.17) is 10.5 Å². The maximum Gasteiger partial charge on any atom is 0.331 e. The minimum atomic E-state index is -1.00. The molecule has 0 aromatic heterocycles. The van der Waals surface area contributed by atoms with Crippen molar-refractivity contribution in [2.45, 2.75) is 44.4 Å². The van der Waals surface area contributed by atoms with Gasteiger partial charge in [-0.1, -0.05) is 54.6 Å². The Labute approximate surface area is 176 Å². The highest BCUT2D eigenvalue weighted by atomic mass is 16.5. The third kappa shape index (κ3) is 5.78. The van der Waals surface area contributed by atoms with Crippen molar-refractivity contribution < 1.29 is 19.4 Å². The van der Waals surface area contributed by atoms with E-state index in [1.807, 2.05) is 18.2 Å². The fraction of sp³-hybridized carbons (Fsp3) is 0.333. The molecule has 0 radical (unpaired) electrons. The molecule has 3 atom stereocenters. The number of hydrogen-bond donors (Lipinski definition) is 3. The lowest BCUT2D eigenvalue weighted by Gasteiger charge is -2.34. The molecule has 0 saturated carbocycles. The molecule has 2 aromatic rings. The first-order valence-corrected chi connectivity index (χ1v) is 10.2. The van der Waals surface area contributed by atoms with Crippen molar-refractivity contribution in [2.24, 2.45) is 5.73 Å². The highest BCUT2D eigenvalue weighted by Gasteiger charge is 2.34. The molecular formula is C24H28N2O4. The first kappa shape index (κ1) is 21.7. The Morgan fingerprint density at radius 2 is 1.77 bits per heavy atom. The van der Waals surface area contributed by atoms with Crippen LogP contribution in [0.5, 0.6) is 0 Å². The molecule has 3 rings (SSSR count). The normalized spacial score (nSPS) is 21.0. The number of nitrogens with two attached hydrogens (primary N) is 1. The number of amides is 1. The molecule has 6 heteroatoms. The Hall–Kier alpha value is -2.96. The van der Waals surface area contributed by atoms with Crippen LogP contribution in [0, 0.1) is 0 Å². The number of carbonyl (C=O) groups excluding carboxylic acids is 1. The van der Waals surface area contributed by atoms with Crippen LogP contribution in [-0.2, 0) is 20.7 Å². The smallest absolute Gasteiger partial charge is 0.331 e. The number of aliphatic carboxylic acids is 1. The Balaban J connectivity index is 1.55. The van der Waals surface area contributed by atoms with Gasteiger partial charge in [0.25, 0.3) is 0 Å². The molecule has 0 saturated heterocycles. The summed E-state index contributed by atoms with van der Waals surface area (Å²) < 4.78 is 5.93. The van der Waals surface area contributed by atoms with Gasteiger partial charge in [-0.2, -0.15) is 0 Å². The van der Waals surface area contributed by atoms with Gasteiger partial charge in [-0.05, 0) is 42.0 Å². The lowest BCUT2D eigenvalue weighted by atomic mass is 9.88. The van der Waals surface area contributed by atoms with E-state index < -0.39 is 24.2 Å². The average molecular weight is 408 g/mol. The molecule has 2 aromatic carbocycles. The van der Waals surface area contributed by atoms with Crippen LogP contribution >= 0.6 is 0 Å². The van der Waals surface area contributed by atoms with Gasteiger partial charge in [0.15, 0.2) is 0 Å². The summed E-state index contributed by atoms with van der Waals surface area (Å²) in [5.74, 6) is -1.21. The summed E-state index contributed by atoms with van der Waals surface area (Å²) in [5.41, 5.74) is 9.90. The highest BCUT2D eigenvalue weighted by molar-refractivity contribution is 5.87. The van der Waals surface area contributed by atoms with Crippen LogP contribution in [0.4, 0.5) is 0 Å². The quantitative estimate of drug-likeness (QED) is 0.583. The van der Waals surface area contributed by atoms with Crippen LogP contribution in [0.1, 0.15) is 25.3 Å². The zero-order valence-electron chi connectivity index (χ0n) is 17.1. The molecule has 6 nitrogen and oxygen atoms in total. The maximum atomic E-state index is 11.5. The van der Waals surface area contributed by atoms with Gasteiger partial charge in [-0.3, -0.25) is 4.79 Å². The Bertz CT molecular complexity index is 893. The number of carboxylic acids is 1. The van der Waals surface area contributed by atoms with E-state index >= 15 is 0 Å². The number of ether oxygens (including phenoxy) is 1. The molecule has 30 heavy (non-hydrogen) atoms. The summed E-state index contributed by atoms with van der Waals surface area (Å²) in [5, 5.41) is 12.1. The van der Waals surface area contributed by atoms with Crippen molar-refractivity contribution in [3.63, 3.8) is 0 Å². The Kier molecular flexibility index (Phi) is 7.38. The lowest BCUT2D eigenvalue weighted by Crippen LogP contribution is -2.56. The molecule has 0 bridgehead atoms. The molecule has 1 amide bonds. The molecule has 0 aliphatic heterocycles. The number of carbonyl (C=O) groups is 2. The van der Waals surface area contributed by atoms with Gasteiger partial charge in [0.1, 0.15) is 0 Å². The second kappa shape index (κ2) is 10.2. The molecule has 158 valence electrons. The Morgan fingerprint density at radius 1 is 1.10 bits per heavy atom. The zero-order chi connectivity index (χ0) is 21.5. The van der Waals surface area contributed by atoms with Crippen LogP contribution in [0.25, 0.3) is 11.1 Å². The predicted octanol–water partition coefficient (Wildman–Crippen LogP) is 2.92. The van der Waals surface area contributed by atoms with Crippen molar-refractivity contribution in [2.75, 3.05) is 6.61 Å².